The number of benzene rings is 2. The Morgan fingerprint density at radius 1 is 1.14 bits per heavy atom. The maximum Gasteiger partial charge on any atom is 0.264 e. The summed E-state index contributed by atoms with van der Waals surface area (Å²) in [6, 6.07) is 8.38. The molecular weight excluding hydrogens is 512 g/mol. The van der Waals surface area contributed by atoms with Gasteiger partial charge in [-0.3, -0.25) is 4.72 Å². The first-order chi connectivity index (χ1) is 9.70. The summed E-state index contributed by atoms with van der Waals surface area (Å²) in [5.41, 5.74) is 1.31. The van der Waals surface area contributed by atoms with Gasteiger partial charge in [0.05, 0.1) is 15.7 Å². The summed E-state index contributed by atoms with van der Waals surface area (Å²) in [6.07, 6.45) is 0. The van der Waals surface area contributed by atoms with E-state index in [-0.39, 0.29) is 14.9 Å². The van der Waals surface area contributed by atoms with Crippen molar-refractivity contribution in [1.29, 1.82) is 0 Å². The molecule has 0 aromatic heterocycles. The Morgan fingerprint density at radius 3 is 2.24 bits per heavy atom. The van der Waals surface area contributed by atoms with Crippen LogP contribution in [0.25, 0.3) is 0 Å². The molecule has 112 valence electrons. The van der Waals surface area contributed by atoms with Crippen molar-refractivity contribution in [3.63, 3.8) is 0 Å². The van der Waals surface area contributed by atoms with Gasteiger partial charge in [0.15, 0.2) is 0 Å². The predicted octanol–water partition coefficient (Wildman–Crippen LogP) is 5.47. The molecular formula is C13H9BrCl2INO2S. The molecule has 21 heavy (non-hydrogen) atoms. The van der Waals surface area contributed by atoms with E-state index in [1.54, 1.807) is 6.07 Å². The first kappa shape index (κ1) is 17.3. The van der Waals surface area contributed by atoms with Gasteiger partial charge < -0.3 is 0 Å². The van der Waals surface area contributed by atoms with Crippen molar-refractivity contribution in [2.75, 3.05) is 4.72 Å². The highest BCUT2D eigenvalue weighted by Crippen LogP contribution is 2.34. The van der Waals surface area contributed by atoms with Crippen molar-refractivity contribution in [3.05, 3.63) is 54.0 Å². The van der Waals surface area contributed by atoms with Gasteiger partial charge in [-0.25, -0.2) is 8.42 Å². The minimum absolute atomic E-state index is 0.0602. The molecule has 2 rings (SSSR count). The third-order valence-corrected chi connectivity index (χ3v) is 6.08. The van der Waals surface area contributed by atoms with Crippen molar-refractivity contribution >= 4 is 77.4 Å². The molecule has 0 unspecified atom stereocenters. The van der Waals surface area contributed by atoms with Crippen LogP contribution in [0.3, 0.4) is 0 Å². The van der Waals surface area contributed by atoms with Crippen LogP contribution in [-0.2, 0) is 10.0 Å². The zero-order valence-corrected chi connectivity index (χ0v) is 16.7. The number of hydrogen-bond donors (Lipinski definition) is 1. The van der Waals surface area contributed by atoms with E-state index >= 15 is 0 Å². The number of aryl methyl sites for hydroxylation is 1. The van der Waals surface area contributed by atoms with E-state index in [9.17, 15) is 8.42 Å². The van der Waals surface area contributed by atoms with Crippen molar-refractivity contribution < 1.29 is 8.42 Å². The number of anilines is 1. The van der Waals surface area contributed by atoms with Gasteiger partial charge in [0.1, 0.15) is 4.90 Å². The van der Waals surface area contributed by atoms with Gasteiger partial charge in [0, 0.05) is 8.04 Å². The molecule has 1 N–H and O–H groups in total. The first-order valence-corrected chi connectivity index (χ1v) is 9.75. The molecule has 0 aliphatic carbocycles. The largest absolute Gasteiger partial charge is 0.279 e. The average Bonchev–Trinajstić information content (AvgIpc) is 2.30. The summed E-state index contributed by atoms with van der Waals surface area (Å²) in [4.78, 5) is -0.132. The number of halogens is 4. The van der Waals surface area contributed by atoms with Crippen molar-refractivity contribution in [2.24, 2.45) is 0 Å². The molecule has 3 nitrogen and oxygen atoms in total. The summed E-state index contributed by atoms with van der Waals surface area (Å²) in [6.45, 7) is 1.82. The molecule has 0 saturated carbocycles. The van der Waals surface area contributed by atoms with Gasteiger partial charge >= 0.3 is 0 Å². The summed E-state index contributed by atoms with van der Waals surface area (Å²) in [7, 11) is -3.86. The fraction of sp³-hybridized carbons (Fsp3) is 0.0769. The number of nitrogens with one attached hydrogen (secondary N) is 1. The van der Waals surface area contributed by atoms with Crippen LogP contribution in [0, 0.1) is 10.5 Å². The maximum atomic E-state index is 12.5. The SMILES string of the molecule is Cc1cc(I)ccc1NS(=O)(=O)c1c(Cl)cc(Br)cc1Cl. The minimum Gasteiger partial charge on any atom is -0.279 e. The van der Waals surface area contributed by atoms with Crippen LogP contribution >= 0.6 is 61.7 Å². The third kappa shape index (κ3) is 4.04. The summed E-state index contributed by atoms with van der Waals surface area (Å²) < 4.78 is 29.1. The summed E-state index contributed by atoms with van der Waals surface area (Å²) in [5, 5.41) is 0.120. The second kappa shape index (κ2) is 6.62. The van der Waals surface area contributed by atoms with Crippen molar-refractivity contribution in [2.45, 2.75) is 11.8 Å². The van der Waals surface area contributed by atoms with Crippen LogP contribution in [0.15, 0.2) is 39.7 Å². The van der Waals surface area contributed by atoms with E-state index in [1.807, 2.05) is 19.1 Å². The van der Waals surface area contributed by atoms with Crippen LogP contribution in [0.4, 0.5) is 5.69 Å². The fourth-order valence-corrected chi connectivity index (χ4v) is 5.44. The molecule has 0 aliphatic heterocycles. The average molecular weight is 521 g/mol. The Bertz CT molecular complexity index is 789. The lowest BCUT2D eigenvalue weighted by atomic mass is 10.2. The van der Waals surface area contributed by atoms with E-state index in [2.05, 4.69) is 43.2 Å². The minimum atomic E-state index is -3.86. The smallest absolute Gasteiger partial charge is 0.264 e. The summed E-state index contributed by atoms with van der Waals surface area (Å²) >= 11 is 17.4. The number of hydrogen-bond acceptors (Lipinski definition) is 2. The second-order valence-corrected chi connectivity index (χ2v) is 8.86. The van der Waals surface area contributed by atoms with Crippen LogP contribution < -0.4 is 4.72 Å². The Hall–Kier alpha value is -0.0200. The lowest BCUT2D eigenvalue weighted by Gasteiger charge is -2.13. The van der Waals surface area contributed by atoms with Gasteiger partial charge in [-0.15, -0.1) is 0 Å². The van der Waals surface area contributed by atoms with Crippen LogP contribution in [0.2, 0.25) is 10.0 Å². The highest BCUT2D eigenvalue weighted by Gasteiger charge is 2.23. The highest BCUT2D eigenvalue weighted by atomic mass is 127. The zero-order valence-electron chi connectivity index (χ0n) is 10.6. The molecule has 0 saturated heterocycles. The van der Waals surface area contributed by atoms with E-state index in [1.165, 1.54) is 12.1 Å². The van der Waals surface area contributed by atoms with Crippen LogP contribution in [-0.4, -0.2) is 8.42 Å². The molecule has 2 aromatic carbocycles. The Labute approximate surface area is 155 Å². The van der Waals surface area contributed by atoms with Gasteiger partial charge in [0.25, 0.3) is 10.0 Å². The van der Waals surface area contributed by atoms with E-state index < -0.39 is 10.0 Å². The number of sulfonamides is 1. The fourth-order valence-electron chi connectivity index (χ4n) is 1.72. The molecule has 0 spiro atoms. The van der Waals surface area contributed by atoms with Gasteiger partial charge in [0.2, 0.25) is 0 Å². The normalized spacial score (nSPS) is 11.5. The maximum absolute atomic E-state index is 12.5. The number of rotatable bonds is 3. The molecule has 0 bridgehead atoms. The van der Waals surface area contributed by atoms with Crippen molar-refractivity contribution in [3.8, 4) is 0 Å². The Balaban J connectivity index is 2.48. The van der Waals surface area contributed by atoms with E-state index in [0.717, 1.165) is 9.13 Å². The Morgan fingerprint density at radius 2 is 1.71 bits per heavy atom. The third-order valence-electron chi connectivity index (χ3n) is 2.66. The summed E-state index contributed by atoms with van der Waals surface area (Å²) in [5.74, 6) is 0. The second-order valence-electron chi connectivity index (χ2n) is 4.26. The van der Waals surface area contributed by atoms with Gasteiger partial charge in [-0.1, -0.05) is 39.1 Å². The predicted molar refractivity (Wildman–Crippen MR) is 98.9 cm³/mol. The standard InChI is InChI=1S/C13H9BrCl2INO2S/c1-7-4-9(17)2-3-12(7)18-21(19,20)13-10(15)5-8(14)6-11(13)16/h2-6,18H,1H3. The zero-order chi connectivity index (χ0) is 15.8. The molecule has 0 amide bonds. The molecule has 0 atom stereocenters. The molecule has 0 fully saturated rings. The molecule has 8 heteroatoms. The molecule has 0 heterocycles. The van der Waals surface area contributed by atoms with E-state index in [0.29, 0.717) is 10.2 Å². The first-order valence-electron chi connectivity index (χ1n) is 5.64. The van der Waals surface area contributed by atoms with Crippen molar-refractivity contribution in [1.82, 2.24) is 0 Å². The van der Waals surface area contributed by atoms with Gasteiger partial charge in [-0.05, 0) is 65.4 Å². The lowest BCUT2D eigenvalue weighted by Crippen LogP contribution is -2.15. The highest BCUT2D eigenvalue weighted by molar-refractivity contribution is 14.1. The topological polar surface area (TPSA) is 46.2 Å². The lowest BCUT2D eigenvalue weighted by molar-refractivity contribution is 0.601. The Kier molecular flexibility index (Phi) is 5.46. The molecule has 0 radical (unpaired) electrons. The molecule has 2 aromatic rings. The van der Waals surface area contributed by atoms with Gasteiger partial charge in [-0.2, -0.15) is 0 Å². The van der Waals surface area contributed by atoms with Crippen LogP contribution in [0.1, 0.15) is 5.56 Å². The van der Waals surface area contributed by atoms with Crippen LogP contribution in [0.5, 0.6) is 0 Å². The quantitative estimate of drug-likeness (QED) is 0.546. The van der Waals surface area contributed by atoms with E-state index in [4.69, 9.17) is 23.2 Å². The monoisotopic (exact) mass is 519 g/mol. The molecule has 0 aliphatic rings.